The first-order valence-corrected chi connectivity index (χ1v) is 16.6. The van der Waals surface area contributed by atoms with E-state index in [9.17, 15) is 31.9 Å². The van der Waals surface area contributed by atoms with E-state index in [1.165, 1.54) is 11.1 Å². The summed E-state index contributed by atoms with van der Waals surface area (Å²) in [7, 11) is 1.78. The number of carboxylic acids is 1. The number of carboxylic acid groups (broad SMARTS) is 1. The first-order valence-electron chi connectivity index (χ1n) is 16.6. The number of aliphatic carboxylic acids is 1. The van der Waals surface area contributed by atoms with Gasteiger partial charge in [0.05, 0.1) is 38.0 Å². The van der Waals surface area contributed by atoms with E-state index in [0.29, 0.717) is 43.3 Å². The van der Waals surface area contributed by atoms with E-state index in [2.05, 4.69) is 36.8 Å². The predicted molar refractivity (Wildman–Crippen MR) is 177 cm³/mol. The Morgan fingerprint density at radius 3 is 2.58 bits per heavy atom. The number of furan rings is 1. The van der Waals surface area contributed by atoms with E-state index in [1.54, 1.807) is 24.0 Å². The molecule has 3 saturated heterocycles. The van der Waals surface area contributed by atoms with Crippen molar-refractivity contribution in [3.8, 4) is 17.7 Å². The normalized spacial score (nSPS) is 21.1. The molecule has 18 heteroatoms. The number of hydrogen-bond donors (Lipinski definition) is 1. The molecule has 0 bridgehead atoms. The molecule has 3 atom stereocenters. The number of benzene rings is 1. The minimum absolute atomic E-state index is 0.152. The first-order chi connectivity index (χ1) is 25.4. The number of anilines is 2. The van der Waals surface area contributed by atoms with E-state index in [4.69, 9.17) is 18.6 Å². The van der Waals surface area contributed by atoms with Crippen LogP contribution in [0.5, 0.6) is 5.88 Å². The highest BCUT2D eigenvalue weighted by molar-refractivity contribution is 6.07. The van der Waals surface area contributed by atoms with Gasteiger partial charge in [-0.1, -0.05) is 5.92 Å². The lowest BCUT2D eigenvalue weighted by atomic mass is 9.90. The predicted octanol–water partition coefficient (Wildman–Crippen LogP) is 5.02. The third-order valence-corrected chi connectivity index (χ3v) is 9.81. The second-order valence-corrected chi connectivity index (χ2v) is 13.1. The summed E-state index contributed by atoms with van der Waals surface area (Å²) in [5.74, 6) is 2.27. The average molecular weight is 740 g/mol. The van der Waals surface area contributed by atoms with Crippen molar-refractivity contribution < 1.29 is 50.5 Å². The molecule has 7 heterocycles. The van der Waals surface area contributed by atoms with E-state index < -0.39 is 59.4 Å². The molecule has 0 saturated carbocycles. The largest absolute Gasteiger partial charge is 0.480 e. The van der Waals surface area contributed by atoms with Gasteiger partial charge in [-0.25, -0.2) is 41.7 Å². The summed E-state index contributed by atoms with van der Waals surface area (Å²) in [6, 6.07) is 3.86. The van der Waals surface area contributed by atoms with Crippen LogP contribution in [-0.2, 0) is 21.3 Å². The molecule has 0 amide bonds. The van der Waals surface area contributed by atoms with Gasteiger partial charge in [0.1, 0.15) is 46.0 Å². The summed E-state index contributed by atoms with van der Waals surface area (Å²) in [5.41, 5.74) is -1.21. The summed E-state index contributed by atoms with van der Waals surface area (Å²) in [5, 5.41) is 14.4. The summed E-state index contributed by atoms with van der Waals surface area (Å²) < 4.78 is 96.0. The minimum Gasteiger partial charge on any atom is -0.480 e. The zero-order valence-electron chi connectivity index (χ0n) is 28.1. The van der Waals surface area contributed by atoms with Crippen LogP contribution in [0.1, 0.15) is 48.8 Å². The maximum absolute atomic E-state index is 14.5. The van der Waals surface area contributed by atoms with Gasteiger partial charge in [-0.2, -0.15) is 5.10 Å². The number of carbonyl (C=O) groups is 1. The molecule has 5 aromatic rings. The second-order valence-electron chi connectivity index (χ2n) is 13.1. The molecule has 3 aliphatic rings. The number of nitrogens with zero attached hydrogens (tertiary/aromatic N) is 7. The van der Waals surface area contributed by atoms with E-state index in [1.807, 2.05) is 13.0 Å². The highest BCUT2D eigenvalue weighted by atomic mass is 19.3. The molecule has 276 valence electrons. The Morgan fingerprint density at radius 2 is 1.91 bits per heavy atom. The summed E-state index contributed by atoms with van der Waals surface area (Å²) in [6.07, 6.45) is -4.28. The lowest BCUT2D eigenvalue weighted by Crippen LogP contribution is -2.68. The maximum Gasteiger partial charge on any atom is 0.326 e. The number of ether oxygens (including phenoxy) is 3. The van der Waals surface area contributed by atoms with E-state index in [-0.39, 0.29) is 47.2 Å². The van der Waals surface area contributed by atoms with Crippen molar-refractivity contribution in [2.24, 2.45) is 7.05 Å². The van der Waals surface area contributed by atoms with Gasteiger partial charge >= 0.3 is 5.97 Å². The van der Waals surface area contributed by atoms with Crippen molar-refractivity contribution in [1.29, 1.82) is 0 Å². The average Bonchev–Trinajstić information content (AvgIpc) is 3.83. The lowest BCUT2D eigenvalue weighted by molar-refractivity contribution is -0.228. The van der Waals surface area contributed by atoms with Crippen LogP contribution in [0.2, 0.25) is 0 Å². The standard InChI is InChI=1S/C35H30F5N7O6/c1-17-35(15-50-16-35)51-10-9-46(17)23-11-18(3-4-19-7-8-45(2)44-19)13-41-33(23)52-20-12-24(34(48)49)47(14-20)32-28-26(42-31(43-32)30(39)40)21-5-6-22(36)25(29(37)38)27(21)53-28/h5-8,11,13,17,20,24,29-30H,9-10,12,14-16H2,1-2H3,(H,48,49)/t17-,20-,24-/m0/s1. The number of halogens is 5. The molecular formula is C35H30F5N7O6. The number of aromatic nitrogens is 5. The zero-order chi connectivity index (χ0) is 37.2. The number of pyridine rings is 1. The molecular weight excluding hydrogens is 709 g/mol. The molecule has 1 aromatic carbocycles. The molecule has 13 nitrogen and oxygen atoms in total. The van der Waals surface area contributed by atoms with Gasteiger partial charge in [-0.15, -0.1) is 0 Å². The number of fused-ring (bicyclic) bond motifs is 3. The van der Waals surface area contributed by atoms with Crippen molar-refractivity contribution in [1.82, 2.24) is 24.7 Å². The summed E-state index contributed by atoms with van der Waals surface area (Å²) in [4.78, 5) is 28.3. The molecule has 1 N–H and O–H groups in total. The van der Waals surface area contributed by atoms with Gasteiger partial charge in [-0.05, 0) is 37.1 Å². The van der Waals surface area contributed by atoms with Crippen LogP contribution in [-0.4, -0.2) is 92.5 Å². The maximum atomic E-state index is 14.5. The van der Waals surface area contributed by atoms with Crippen LogP contribution in [0.3, 0.4) is 0 Å². The molecule has 3 fully saturated rings. The van der Waals surface area contributed by atoms with Crippen molar-refractivity contribution in [2.75, 3.05) is 42.7 Å². The lowest BCUT2D eigenvalue weighted by Gasteiger charge is -2.53. The third-order valence-electron chi connectivity index (χ3n) is 9.81. The highest BCUT2D eigenvalue weighted by Gasteiger charge is 2.50. The number of hydrogen-bond acceptors (Lipinski definition) is 11. The van der Waals surface area contributed by atoms with Crippen LogP contribution < -0.4 is 14.5 Å². The minimum atomic E-state index is -3.31. The molecule has 3 aliphatic heterocycles. The number of aryl methyl sites for hydroxylation is 1. The van der Waals surface area contributed by atoms with E-state index in [0.717, 1.165) is 12.1 Å². The van der Waals surface area contributed by atoms with Crippen LogP contribution >= 0.6 is 0 Å². The Bertz CT molecular complexity index is 2300. The monoisotopic (exact) mass is 739 g/mol. The van der Waals surface area contributed by atoms with Crippen LogP contribution in [0.15, 0.2) is 41.1 Å². The second kappa shape index (κ2) is 13.1. The van der Waals surface area contributed by atoms with Crippen LogP contribution in [0, 0.1) is 17.7 Å². The van der Waals surface area contributed by atoms with Crippen molar-refractivity contribution in [3.63, 3.8) is 0 Å². The van der Waals surface area contributed by atoms with Crippen LogP contribution in [0.4, 0.5) is 33.5 Å². The Morgan fingerprint density at radius 1 is 1.09 bits per heavy atom. The van der Waals surface area contributed by atoms with Gasteiger partial charge < -0.3 is 33.5 Å². The van der Waals surface area contributed by atoms with Crippen LogP contribution in [0.25, 0.3) is 22.1 Å². The molecule has 8 rings (SSSR count). The molecule has 1 spiro atoms. The summed E-state index contributed by atoms with van der Waals surface area (Å²) in [6.45, 7) is 3.43. The molecule has 4 aromatic heterocycles. The molecule has 0 aliphatic carbocycles. The SMILES string of the molecule is C[C@@H]1N(c2cc(C#Cc3ccn(C)n3)cnc2O[C@H]2C[C@@H](C(=O)O)N(c3nc(C(F)F)nc4c3oc3c(C(F)F)c(F)ccc34)C2)CCOC12COC2. The number of rotatable bonds is 7. The smallest absolute Gasteiger partial charge is 0.326 e. The Labute approximate surface area is 297 Å². The molecule has 53 heavy (non-hydrogen) atoms. The number of alkyl halides is 4. The first kappa shape index (κ1) is 34.5. The van der Waals surface area contributed by atoms with Crippen molar-refractivity contribution in [2.45, 2.75) is 50.0 Å². The van der Waals surface area contributed by atoms with Gasteiger partial charge in [0.2, 0.25) is 5.88 Å². The summed E-state index contributed by atoms with van der Waals surface area (Å²) >= 11 is 0. The highest BCUT2D eigenvalue weighted by Crippen LogP contribution is 2.43. The van der Waals surface area contributed by atoms with Crippen molar-refractivity contribution >= 4 is 39.5 Å². The topological polar surface area (TPSA) is 141 Å². The van der Waals surface area contributed by atoms with E-state index >= 15 is 0 Å². The third kappa shape index (κ3) is 6.03. The van der Waals surface area contributed by atoms with Crippen molar-refractivity contribution in [3.05, 3.63) is 65.1 Å². The fourth-order valence-corrected chi connectivity index (χ4v) is 7.04. The zero-order valence-corrected chi connectivity index (χ0v) is 28.1. The molecule has 0 radical (unpaired) electrons. The quantitative estimate of drug-likeness (QED) is 0.177. The Hall–Kier alpha value is -5.54. The van der Waals surface area contributed by atoms with Gasteiger partial charge in [0, 0.05) is 43.4 Å². The van der Waals surface area contributed by atoms with Gasteiger partial charge in [-0.3, -0.25) is 4.68 Å². The fourth-order valence-electron chi connectivity index (χ4n) is 7.04. The Balaban J connectivity index is 1.18. The fraction of sp³-hybridized carbons (Fsp3) is 0.400. The molecule has 0 unspecified atom stereocenters. The van der Waals surface area contributed by atoms with Gasteiger partial charge in [0.25, 0.3) is 12.9 Å². The Kier molecular flexibility index (Phi) is 8.57. The number of morpholine rings is 1. The van der Waals surface area contributed by atoms with Gasteiger partial charge in [0.15, 0.2) is 17.2 Å².